The predicted molar refractivity (Wildman–Crippen MR) is 97.6 cm³/mol. The molecule has 4 heterocycles. The first-order valence-electron chi connectivity index (χ1n) is 9.20. The summed E-state index contributed by atoms with van der Waals surface area (Å²) in [5.41, 5.74) is 3.13. The van der Waals surface area contributed by atoms with Crippen molar-refractivity contribution in [3.63, 3.8) is 0 Å². The minimum atomic E-state index is 0.0446. The van der Waals surface area contributed by atoms with Gasteiger partial charge in [-0.05, 0) is 44.7 Å². The van der Waals surface area contributed by atoms with Crippen LogP contribution in [0.25, 0.3) is 5.78 Å². The number of rotatable bonds is 4. The molecule has 0 saturated carbocycles. The molecule has 1 saturated heterocycles. The highest BCUT2D eigenvalue weighted by atomic mass is 16.2. The van der Waals surface area contributed by atoms with Crippen molar-refractivity contribution in [1.82, 2.24) is 29.0 Å². The van der Waals surface area contributed by atoms with Gasteiger partial charge in [0.2, 0.25) is 11.7 Å². The van der Waals surface area contributed by atoms with Crippen molar-refractivity contribution in [2.75, 3.05) is 6.54 Å². The molecule has 4 rings (SSSR count). The molecule has 0 aliphatic carbocycles. The van der Waals surface area contributed by atoms with E-state index < -0.39 is 0 Å². The van der Waals surface area contributed by atoms with Gasteiger partial charge < -0.3 is 4.90 Å². The smallest absolute Gasteiger partial charge is 0.234 e. The number of hydrogen-bond donors (Lipinski definition) is 0. The van der Waals surface area contributed by atoms with Gasteiger partial charge in [0.1, 0.15) is 0 Å². The van der Waals surface area contributed by atoms with Crippen LogP contribution in [0.4, 0.5) is 0 Å². The van der Waals surface area contributed by atoms with Crippen LogP contribution in [0.2, 0.25) is 0 Å². The molecule has 0 N–H and O–H groups in total. The average molecular weight is 352 g/mol. The van der Waals surface area contributed by atoms with Gasteiger partial charge in [-0.2, -0.15) is 5.10 Å². The van der Waals surface area contributed by atoms with Gasteiger partial charge in [-0.1, -0.05) is 0 Å². The van der Waals surface area contributed by atoms with Crippen molar-refractivity contribution in [1.29, 1.82) is 0 Å². The SMILES string of the molecule is Cc1cc([C@H]2CCCCN2C(=O)CCc2ccnn2C)nc2nccn12. The molecule has 1 aliphatic rings. The summed E-state index contributed by atoms with van der Waals surface area (Å²) in [5.74, 6) is 0.895. The number of fused-ring (bicyclic) bond motifs is 1. The van der Waals surface area contributed by atoms with Crippen LogP contribution in [0.3, 0.4) is 0 Å². The van der Waals surface area contributed by atoms with Crippen molar-refractivity contribution in [2.45, 2.75) is 45.1 Å². The Morgan fingerprint density at radius 1 is 1.31 bits per heavy atom. The molecule has 3 aromatic rings. The Kier molecular flexibility index (Phi) is 4.44. The Bertz CT molecular complexity index is 927. The second-order valence-corrected chi connectivity index (χ2v) is 6.96. The van der Waals surface area contributed by atoms with Crippen molar-refractivity contribution < 1.29 is 4.79 Å². The molecule has 1 atom stereocenters. The summed E-state index contributed by atoms with van der Waals surface area (Å²) in [5, 5.41) is 4.18. The van der Waals surface area contributed by atoms with E-state index in [1.54, 1.807) is 12.4 Å². The maximum Gasteiger partial charge on any atom is 0.234 e. The first kappa shape index (κ1) is 16.8. The lowest BCUT2D eigenvalue weighted by Gasteiger charge is -2.35. The van der Waals surface area contributed by atoms with Crippen LogP contribution in [-0.2, 0) is 18.3 Å². The molecule has 7 heteroatoms. The fourth-order valence-corrected chi connectivity index (χ4v) is 3.82. The molecule has 0 aromatic carbocycles. The molecule has 136 valence electrons. The molecule has 1 aliphatic heterocycles. The summed E-state index contributed by atoms with van der Waals surface area (Å²) < 4.78 is 3.80. The predicted octanol–water partition coefficient (Wildman–Crippen LogP) is 2.46. The quantitative estimate of drug-likeness (QED) is 0.723. The molecular weight excluding hydrogens is 328 g/mol. The Morgan fingerprint density at radius 3 is 3.00 bits per heavy atom. The minimum absolute atomic E-state index is 0.0446. The van der Waals surface area contributed by atoms with Crippen LogP contribution >= 0.6 is 0 Å². The molecule has 0 radical (unpaired) electrons. The average Bonchev–Trinajstić information content (AvgIpc) is 3.28. The van der Waals surface area contributed by atoms with Gasteiger partial charge in [-0.3, -0.25) is 13.9 Å². The van der Waals surface area contributed by atoms with Crippen LogP contribution in [0.5, 0.6) is 0 Å². The minimum Gasteiger partial charge on any atom is -0.334 e. The summed E-state index contributed by atoms with van der Waals surface area (Å²) >= 11 is 0. The van der Waals surface area contributed by atoms with Crippen molar-refractivity contribution in [2.24, 2.45) is 7.05 Å². The molecule has 3 aromatic heterocycles. The van der Waals surface area contributed by atoms with E-state index in [1.807, 2.05) is 33.3 Å². The Morgan fingerprint density at radius 2 is 2.19 bits per heavy atom. The number of aromatic nitrogens is 5. The highest BCUT2D eigenvalue weighted by Crippen LogP contribution is 2.31. The molecular formula is C19H24N6O. The number of imidazole rings is 1. The van der Waals surface area contributed by atoms with E-state index in [2.05, 4.69) is 23.1 Å². The van der Waals surface area contributed by atoms with Crippen molar-refractivity contribution in [3.8, 4) is 0 Å². The molecule has 0 spiro atoms. The Labute approximate surface area is 152 Å². The number of piperidine rings is 1. The third-order valence-corrected chi connectivity index (χ3v) is 5.27. The van der Waals surface area contributed by atoms with Crippen LogP contribution in [0.1, 0.15) is 48.8 Å². The second kappa shape index (κ2) is 6.90. The molecule has 26 heavy (non-hydrogen) atoms. The van der Waals surface area contributed by atoms with E-state index in [9.17, 15) is 4.79 Å². The summed E-state index contributed by atoms with van der Waals surface area (Å²) in [7, 11) is 1.91. The summed E-state index contributed by atoms with van der Waals surface area (Å²) in [6.07, 6.45) is 9.80. The van der Waals surface area contributed by atoms with E-state index in [-0.39, 0.29) is 11.9 Å². The highest BCUT2D eigenvalue weighted by molar-refractivity contribution is 5.77. The highest BCUT2D eigenvalue weighted by Gasteiger charge is 2.29. The van der Waals surface area contributed by atoms with Gasteiger partial charge in [0.25, 0.3) is 0 Å². The second-order valence-electron chi connectivity index (χ2n) is 6.96. The first-order valence-corrected chi connectivity index (χ1v) is 9.20. The molecule has 1 amide bonds. The topological polar surface area (TPSA) is 68.3 Å². The lowest BCUT2D eigenvalue weighted by Crippen LogP contribution is -2.39. The third kappa shape index (κ3) is 3.09. The number of nitrogens with zero attached hydrogens (tertiary/aromatic N) is 6. The molecule has 0 bridgehead atoms. The number of carbonyl (C=O) groups excluding carboxylic acids is 1. The fourth-order valence-electron chi connectivity index (χ4n) is 3.82. The lowest BCUT2D eigenvalue weighted by molar-refractivity contribution is -0.135. The van der Waals surface area contributed by atoms with Gasteiger partial charge >= 0.3 is 0 Å². The molecule has 7 nitrogen and oxygen atoms in total. The fraction of sp³-hybridized carbons (Fsp3) is 0.474. The van der Waals surface area contributed by atoms with Gasteiger partial charge in [-0.15, -0.1) is 0 Å². The maximum absolute atomic E-state index is 12.9. The zero-order valence-electron chi connectivity index (χ0n) is 15.3. The number of hydrogen-bond acceptors (Lipinski definition) is 4. The van der Waals surface area contributed by atoms with E-state index in [0.29, 0.717) is 18.6 Å². The van der Waals surface area contributed by atoms with Gasteiger partial charge in [0.05, 0.1) is 11.7 Å². The molecule has 0 unspecified atom stereocenters. The standard InChI is InChI=1S/C19H24N6O/c1-14-13-16(22-19-20-10-12-24(14)19)17-5-3-4-11-25(17)18(26)7-6-15-8-9-21-23(15)2/h8-10,12-13,17H,3-7,11H2,1-2H3/t17-/m1/s1. The summed E-state index contributed by atoms with van der Waals surface area (Å²) in [6, 6.07) is 4.10. The summed E-state index contributed by atoms with van der Waals surface area (Å²) in [4.78, 5) is 24.0. The van der Waals surface area contributed by atoms with E-state index in [1.165, 1.54) is 0 Å². The summed E-state index contributed by atoms with van der Waals surface area (Å²) in [6.45, 7) is 2.85. The first-order chi connectivity index (χ1) is 12.6. The molecule has 1 fully saturated rings. The zero-order chi connectivity index (χ0) is 18.1. The van der Waals surface area contributed by atoms with E-state index in [0.717, 1.165) is 42.9 Å². The van der Waals surface area contributed by atoms with Crippen molar-refractivity contribution in [3.05, 3.63) is 47.8 Å². The van der Waals surface area contributed by atoms with Crippen LogP contribution in [0.15, 0.2) is 30.7 Å². The third-order valence-electron chi connectivity index (χ3n) is 5.27. The van der Waals surface area contributed by atoms with Gasteiger partial charge in [0.15, 0.2) is 0 Å². The number of likely N-dealkylation sites (tertiary alicyclic amines) is 1. The number of carbonyl (C=O) groups is 1. The zero-order valence-corrected chi connectivity index (χ0v) is 15.3. The monoisotopic (exact) mass is 352 g/mol. The number of aryl methyl sites for hydroxylation is 3. The van der Waals surface area contributed by atoms with Crippen LogP contribution < -0.4 is 0 Å². The normalized spacial score (nSPS) is 17.8. The Hall–Kier alpha value is -2.70. The number of amides is 1. The van der Waals surface area contributed by atoms with Crippen LogP contribution in [0, 0.1) is 6.92 Å². The van der Waals surface area contributed by atoms with E-state index >= 15 is 0 Å². The van der Waals surface area contributed by atoms with Gasteiger partial charge in [0, 0.05) is 50.0 Å². The van der Waals surface area contributed by atoms with E-state index in [4.69, 9.17) is 4.98 Å². The largest absolute Gasteiger partial charge is 0.334 e. The maximum atomic E-state index is 12.9. The lowest BCUT2D eigenvalue weighted by atomic mass is 9.98. The van der Waals surface area contributed by atoms with Crippen LogP contribution in [-0.4, -0.2) is 41.5 Å². The Balaban J connectivity index is 1.55. The van der Waals surface area contributed by atoms with Crippen molar-refractivity contribution >= 4 is 11.7 Å². The van der Waals surface area contributed by atoms with Gasteiger partial charge in [-0.25, -0.2) is 9.97 Å².